The minimum Gasteiger partial charge on any atom is -0.488 e. The van der Waals surface area contributed by atoms with Crippen LogP contribution in [0.5, 0.6) is 5.75 Å². The largest absolute Gasteiger partial charge is 0.488 e. The highest BCUT2D eigenvalue weighted by atomic mass is 32.2. The number of ether oxygens (including phenoxy) is 1. The summed E-state index contributed by atoms with van der Waals surface area (Å²) in [6.45, 7) is 0.545. The van der Waals surface area contributed by atoms with Gasteiger partial charge in [-0.1, -0.05) is 0 Å². The second kappa shape index (κ2) is 5.35. The van der Waals surface area contributed by atoms with Gasteiger partial charge in [-0.15, -0.1) is 0 Å². The molecule has 1 aliphatic heterocycles. The highest BCUT2D eigenvalue weighted by Crippen LogP contribution is 2.21. The van der Waals surface area contributed by atoms with Crippen molar-refractivity contribution in [3.05, 3.63) is 24.0 Å². The van der Waals surface area contributed by atoms with Gasteiger partial charge in [-0.05, 0) is 6.07 Å². The lowest BCUT2D eigenvalue weighted by Gasteiger charge is -2.38. The van der Waals surface area contributed by atoms with Crippen molar-refractivity contribution in [2.45, 2.75) is 6.10 Å². The summed E-state index contributed by atoms with van der Waals surface area (Å²) < 4.78 is 31.6. The number of carbonyl (C=O) groups is 1. The Morgan fingerprint density at radius 3 is 2.70 bits per heavy atom. The molecule has 8 nitrogen and oxygen atoms in total. The van der Waals surface area contributed by atoms with Crippen LogP contribution in [-0.4, -0.2) is 61.2 Å². The van der Waals surface area contributed by atoms with Gasteiger partial charge in [0.25, 0.3) is 16.1 Å². The Morgan fingerprint density at radius 2 is 2.15 bits per heavy atom. The first kappa shape index (κ1) is 14.7. The van der Waals surface area contributed by atoms with Gasteiger partial charge in [0, 0.05) is 26.4 Å². The third kappa shape index (κ3) is 2.89. The zero-order valence-electron chi connectivity index (χ0n) is 11.2. The first-order valence-corrected chi connectivity index (χ1v) is 7.30. The molecule has 0 aromatic carbocycles. The topological polar surface area (TPSA) is 106 Å². The van der Waals surface area contributed by atoms with Crippen LogP contribution in [-0.2, 0) is 10.2 Å². The maximum Gasteiger partial charge on any atom is 0.281 e. The third-order valence-electron chi connectivity index (χ3n) is 2.89. The van der Waals surface area contributed by atoms with E-state index in [0.29, 0.717) is 5.75 Å². The molecule has 2 rings (SSSR count). The van der Waals surface area contributed by atoms with Crippen molar-refractivity contribution in [1.82, 2.24) is 13.6 Å². The number of amides is 1. The second-order valence-electron chi connectivity index (χ2n) is 4.59. The van der Waals surface area contributed by atoms with Gasteiger partial charge >= 0.3 is 0 Å². The van der Waals surface area contributed by atoms with Gasteiger partial charge in [0.2, 0.25) is 0 Å². The number of pyridine rings is 1. The molecule has 0 atom stereocenters. The maximum absolute atomic E-state index is 11.8. The zero-order chi connectivity index (χ0) is 14.9. The zero-order valence-corrected chi connectivity index (χ0v) is 12.0. The fourth-order valence-electron chi connectivity index (χ4n) is 1.71. The molecular weight excluding hydrogens is 284 g/mol. The van der Waals surface area contributed by atoms with Crippen molar-refractivity contribution in [3.63, 3.8) is 0 Å². The monoisotopic (exact) mass is 300 g/mol. The summed E-state index contributed by atoms with van der Waals surface area (Å²) in [7, 11) is -0.431. The van der Waals surface area contributed by atoms with E-state index in [4.69, 9.17) is 10.5 Å². The Balaban J connectivity index is 1.95. The van der Waals surface area contributed by atoms with Crippen LogP contribution >= 0.6 is 0 Å². The Morgan fingerprint density at radius 1 is 1.50 bits per heavy atom. The van der Waals surface area contributed by atoms with Crippen LogP contribution in [0.1, 0.15) is 10.5 Å². The van der Waals surface area contributed by atoms with Gasteiger partial charge < -0.3 is 10.5 Å². The van der Waals surface area contributed by atoms with E-state index in [9.17, 15) is 13.2 Å². The first-order chi connectivity index (χ1) is 9.30. The fourth-order valence-corrected chi connectivity index (χ4v) is 2.88. The Bertz CT molecular complexity index is 611. The molecule has 0 bridgehead atoms. The highest BCUT2D eigenvalue weighted by molar-refractivity contribution is 7.86. The lowest BCUT2D eigenvalue weighted by atomic mass is 10.2. The Hall–Kier alpha value is -1.71. The van der Waals surface area contributed by atoms with E-state index in [-0.39, 0.29) is 24.9 Å². The second-order valence-corrected chi connectivity index (χ2v) is 6.73. The first-order valence-electron chi connectivity index (χ1n) is 5.91. The molecule has 1 aromatic rings. The van der Waals surface area contributed by atoms with Crippen LogP contribution in [0.4, 0.5) is 0 Å². The maximum atomic E-state index is 11.8. The van der Waals surface area contributed by atoms with Gasteiger partial charge in [0.15, 0.2) is 0 Å². The van der Waals surface area contributed by atoms with Crippen LogP contribution < -0.4 is 10.5 Å². The quantitative estimate of drug-likeness (QED) is 0.754. The molecule has 1 amide bonds. The van der Waals surface area contributed by atoms with E-state index in [1.165, 1.54) is 30.7 Å². The molecule has 1 aromatic heterocycles. The molecule has 0 radical (unpaired) electrons. The highest BCUT2D eigenvalue weighted by Gasteiger charge is 2.38. The van der Waals surface area contributed by atoms with Crippen molar-refractivity contribution in [2.24, 2.45) is 5.73 Å². The predicted molar refractivity (Wildman–Crippen MR) is 71.4 cm³/mol. The molecule has 0 unspecified atom stereocenters. The van der Waals surface area contributed by atoms with E-state index >= 15 is 0 Å². The average molecular weight is 300 g/mol. The third-order valence-corrected chi connectivity index (χ3v) is 4.76. The van der Waals surface area contributed by atoms with Gasteiger partial charge in [-0.25, -0.2) is 0 Å². The molecule has 1 aliphatic rings. The normalized spacial score (nSPS) is 16.9. The van der Waals surface area contributed by atoms with Gasteiger partial charge in [0.05, 0.1) is 13.1 Å². The van der Waals surface area contributed by atoms with E-state index in [0.717, 1.165) is 4.31 Å². The lowest BCUT2D eigenvalue weighted by molar-refractivity contribution is 0.0724. The number of aromatic nitrogens is 1. The minimum absolute atomic E-state index is 0.111. The van der Waals surface area contributed by atoms with Crippen molar-refractivity contribution < 1.29 is 17.9 Å². The minimum atomic E-state index is -3.39. The summed E-state index contributed by atoms with van der Waals surface area (Å²) >= 11 is 0. The molecule has 1 fully saturated rings. The molecule has 9 heteroatoms. The number of rotatable bonds is 5. The van der Waals surface area contributed by atoms with Crippen molar-refractivity contribution in [3.8, 4) is 5.75 Å². The molecule has 20 heavy (non-hydrogen) atoms. The van der Waals surface area contributed by atoms with Gasteiger partial charge in [-0.3, -0.25) is 9.78 Å². The Labute approximate surface area is 117 Å². The summed E-state index contributed by atoms with van der Waals surface area (Å²) in [4.78, 5) is 14.8. The average Bonchev–Trinajstić information content (AvgIpc) is 2.33. The van der Waals surface area contributed by atoms with Crippen molar-refractivity contribution >= 4 is 16.1 Å². The van der Waals surface area contributed by atoms with E-state index < -0.39 is 16.1 Å². The summed E-state index contributed by atoms with van der Waals surface area (Å²) in [5.74, 6) is -0.193. The number of carbonyl (C=O) groups excluding carboxylic acids is 1. The molecule has 110 valence electrons. The number of hydrogen-bond acceptors (Lipinski definition) is 5. The summed E-state index contributed by atoms with van der Waals surface area (Å²) in [5, 5.41) is 0. The summed E-state index contributed by atoms with van der Waals surface area (Å²) in [6, 6.07) is 3.03. The van der Waals surface area contributed by atoms with E-state index in [1.807, 2.05) is 0 Å². The van der Waals surface area contributed by atoms with Crippen LogP contribution in [0.15, 0.2) is 18.3 Å². The number of nitrogens with two attached hydrogens (primary N) is 1. The number of primary amides is 1. The van der Waals surface area contributed by atoms with Crippen molar-refractivity contribution in [2.75, 3.05) is 27.2 Å². The summed E-state index contributed by atoms with van der Waals surface area (Å²) in [6.07, 6.45) is 1.18. The van der Waals surface area contributed by atoms with Gasteiger partial charge in [0.1, 0.15) is 17.5 Å². The molecule has 1 saturated heterocycles. The SMILES string of the molecule is CN(C)S(=O)(=O)N1CC(Oc2ccnc(C(N)=O)c2)C1. The van der Waals surface area contributed by atoms with Crippen LogP contribution in [0.25, 0.3) is 0 Å². The van der Waals surface area contributed by atoms with Crippen LogP contribution in [0.2, 0.25) is 0 Å². The van der Waals surface area contributed by atoms with E-state index in [1.54, 1.807) is 6.07 Å². The van der Waals surface area contributed by atoms with Gasteiger partial charge in [-0.2, -0.15) is 17.0 Å². The number of hydrogen-bond donors (Lipinski definition) is 1. The molecule has 0 saturated carbocycles. The van der Waals surface area contributed by atoms with Crippen LogP contribution in [0.3, 0.4) is 0 Å². The summed E-state index contributed by atoms with van der Waals surface area (Å²) in [5.41, 5.74) is 5.23. The lowest BCUT2D eigenvalue weighted by Crippen LogP contribution is -2.58. The fraction of sp³-hybridized carbons (Fsp3) is 0.455. The van der Waals surface area contributed by atoms with E-state index in [2.05, 4.69) is 4.98 Å². The molecule has 2 N–H and O–H groups in total. The number of nitrogens with zero attached hydrogens (tertiary/aromatic N) is 3. The molecule has 0 aliphatic carbocycles. The molecule has 0 spiro atoms. The predicted octanol–water partition coefficient (Wildman–Crippen LogP) is -0.950. The standard InChI is InChI=1S/C11H16N4O4S/c1-14(2)20(17,18)15-6-9(7-15)19-8-3-4-13-10(5-8)11(12)16/h3-5,9H,6-7H2,1-2H3,(H2,12,16). The van der Waals surface area contributed by atoms with Crippen LogP contribution in [0, 0.1) is 0 Å². The molecule has 2 heterocycles. The van der Waals surface area contributed by atoms with Crippen molar-refractivity contribution in [1.29, 1.82) is 0 Å². The smallest absolute Gasteiger partial charge is 0.281 e. The Kier molecular flexibility index (Phi) is 3.93. The molecular formula is C11H16N4O4S.